The van der Waals surface area contributed by atoms with Crippen LogP contribution < -0.4 is 0 Å². The molecule has 0 amide bonds. The first-order valence-electron chi connectivity index (χ1n) is 27.9. The summed E-state index contributed by atoms with van der Waals surface area (Å²) in [6.07, 6.45) is 0. The van der Waals surface area contributed by atoms with E-state index < -0.39 is 0 Å². The Kier molecular flexibility index (Phi) is 12.2. The van der Waals surface area contributed by atoms with Gasteiger partial charge in [0.2, 0.25) is 0 Å². The summed E-state index contributed by atoms with van der Waals surface area (Å²) in [6.45, 7) is 0. The third-order valence-electron chi connectivity index (χ3n) is 16.1. The van der Waals surface area contributed by atoms with Gasteiger partial charge >= 0.3 is 0 Å². The molecular weight excluding hydrogens is 1020 g/mol. The number of aromatic nitrogens is 5. The maximum Gasteiger partial charge on any atom is 0.165 e. The standard InChI is InChI=1S/C77H47N7/c78-48-50-17-16-28-60(41-50)64-36-35-63(84-73-39-32-58(53-22-10-3-11-23-53)44-68(73)69-45-59(33-40-74(69)84)54-24-12-4-13-25-54)47-70(64)77-81-75(55-26-14-5-15-27-55)80-76(82-77)65-46-62(34-29-61(65)49-79)83-71-37-30-56(51-18-6-1-7-19-51)42-66(71)67-43-57(31-38-72(67)83)52-20-8-2-9-21-52/h1-47H. The molecule has 0 aliphatic rings. The van der Waals surface area contributed by atoms with Gasteiger partial charge in [-0.1, -0.05) is 194 Å². The SMILES string of the molecule is N#Cc1cccc(-c2ccc(-n3c4ccc(-c5ccccc5)cc4c4cc(-c5ccccc5)ccc43)cc2-c2nc(-c3ccccc3)nc(-c3cc(-n4c5ccc(-c6ccccc6)cc5c5cc(-c6ccccc6)ccc54)ccc3C#N)n2)c1. The molecule has 0 saturated carbocycles. The van der Waals surface area contributed by atoms with Gasteiger partial charge in [0.1, 0.15) is 0 Å². The van der Waals surface area contributed by atoms with Crippen molar-refractivity contribution in [3.05, 3.63) is 296 Å². The fourth-order valence-corrected chi connectivity index (χ4v) is 12.0. The summed E-state index contributed by atoms with van der Waals surface area (Å²) in [5, 5.41) is 25.7. The lowest BCUT2D eigenvalue weighted by Crippen LogP contribution is -2.04. The third-order valence-corrected chi connectivity index (χ3v) is 16.1. The van der Waals surface area contributed by atoms with Crippen LogP contribution in [0.25, 0.3) is 145 Å². The van der Waals surface area contributed by atoms with E-state index in [-0.39, 0.29) is 0 Å². The number of rotatable bonds is 10. The maximum absolute atomic E-state index is 11.1. The molecule has 12 aromatic carbocycles. The van der Waals surface area contributed by atoms with E-state index in [1.54, 1.807) is 0 Å². The predicted octanol–water partition coefficient (Wildman–Crippen LogP) is 19.1. The van der Waals surface area contributed by atoms with Crippen LogP contribution in [0, 0.1) is 22.7 Å². The lowest BCUT2D eigenvalue weighted by molar-refractivity contribution is 1.07. The van der Waals surface area contributed by atoms with Gasteiger partial charge in [-0.2, -0.15) is 10.5 Å². The summed E-state index contributed by atoms with van der Waals surface area (Å²) in [6, 6.07) is 103. The first-order valence-corrected chi connectivity index (χ1v) is 27.9. The second-order valence-electron chi connectivity index (χ2n) is 21.0. The minimum absolute atomic E-state index is 0.344. The monoisotopic (exact) mass is 1070 g/mol. The van der Waals surface area contributed by atoms with Gasteiger partial charge in [-0.3, -0.25) is 0 Å². The molecule has 0 spiro atoms. The molecule has 0 fully saturated rings. The summed E-state index contributed by atoms with van der Waals surface area (Å²) in [5.41, 5.74) is 19.6. The second-order valence-corrected chi connectivity index (χ2v) is 21.0. The highest BCUT2D eigenvalue weighted by Gasteiger charge is 2.23. The van der Waals surface area contributed by atoms with Gasteiger partial charge in [-0.05, 0) is 147 Å². The summed E-state index contributed by atoms with van der Waals surface area (Å²) in [5.74, 6) is 1.20. The van der Waals surface area contributed by atoms with Crippen molar-refractivity contribution >= 4 is 43.6 Å². The smallest absolute Gasteiger partial charge is 0.165 e. The molecule has 15 aromatic rings. The number of hydrogen-bond donors (Lipinski definition) is 0. The van der Waals surface area contributed by atoms with Crippen LogP contribution in [-0.4, -0.2) is 24.1 Å². The Balaban J connectivity index is 0.956. The maximum atomic E-state index is 11.1. The highest BCUT2D eigenvalue weighted by molar-refractivity contribution is 6.13. The van der Waals surface area contributed by atoms with E-state index >= 15 is 0 Å². The van der Waals surface area contributed by atoms with Crippen molar-refractivity contribution in [2.24, 2.45) is 0 Å². The molecule has 0 unspecified atom stereocenters. The Bertz CT molecular complexity index is 4940. The van der Waals surface area contributed by atoms with Gasteiger partial charge in [0, 0.05) is 49.6 Å². The van der Waals surface area contributed by atoms with E-state index in [4.69, 9.17) is 15.0 Å². The van der Waals surface area contributed by atoms with Crippen molar-refractivity contribution in [2.75, 3.05) is 0 Å². The normalized spacial score (nSPS) is 11.3. The highest BCUT2D eigenvalue weighted by atomic mass is 15.0. The van der Waals surface area contributed by atoms with Gasteiger partial charge in [0.15, 0.2) is 17.5 Å². The highest BCUT2D eigenvalue weighted by Crippen LogP contribution is 2.42. The molecule has 7 heteroatoms. The Morgan fingerprint density at radius 1 is 0.250 bits per heavy atom. The molecule has 0 aliphatic carbocycles. The Hall–Kier alpha value is -11.8. The fraction of sp³-hybridized carbons (Fsp3) is 0. The molecule has 0 atom stereocenters. The average Bonchev–Trinajstić information content (AvgIpc) is 2.34. The number of benzene rings is 12. The fourth-order valence-electron chi connectivity index (χ4n) is 12.0. The van der Waals surface area contributed by atoms with E-state index in [0.717, 1.165) is 122 Å². The molecule has 0 bridgehead atoms. The molecule has 3 heterocycles. The van der Waals surface area contributed by atoms with Crippen LogP contribution in [0.4, 0.5) is 0 Å². The predicted molar refractivity (Wildman–Crippen MR) is 341 cm³/mol. The molecule has 15 rings (SSSR count). The van der Waals surface area contributed by atoms with E-state index in [9.17, 15) is 10.5 Å². The third kappa shape index (κ3) is 8.74. The van der Waals surface area contributed by atoms with Crippen LogP contribution in [0.2, 0.25) is 0 Å². The second kappa shape index (κ2) is 20.7. The van der Waals surface area contributed by atoms with Gasteiger partial charge in [-0.15, -0.1) is 0 Å². The van der Waals surface area contributed by atoms with Crippen molar-refractivity contribution in [3.8, 4) is 113 Å². The molecule has 7 nitrogen and oxygen atoms in total. The minimum Gasteiger partial charge on any atom is -0.309 e. The molecule has 390 valence electrons. The largest absolute Gasteiger partial charge is 0.309 e. The van der Waals surface area contributed by atoms with Crippen LogP contribution in [0.5, 0.6) is 0 Å². The molecule has 3 aromatic heterocycles. The summed E-state index contributed by atoms with van der Waals surface area (Å²) < 4.78 is 4.60. The van der Waals surface area contributed by atoms with Crippen LogP contribution in [0.3, 0.4) is 0 Å². The van der Waals surface area contributed by atoms with Crippen LogP contribution in [-0.2, 0) is 0 Å². The Morgan fingerprint density at radius 2 is 0.619 bits per heavy atom. The summed E-state index contributed by atoms with van der Waals surface area (Å²) in [7, 11) is 0. The number of nitriles is 2. The molecular formula is C77H47N7. The number of nitrogens with zero attached hydrogens (tertiary/aromatic N) is 7. The average molecular weight is 1070 g/mol. The topological polar surface area (TPSA) is 96.1 Å². The lowest BCUT2D eigenvalue weighted by Gasteiger charge is -2.16. The molecule has 84 heavy (non-hydrogen) atoms. The lowest BCUT2D eigenvalue weighted by atomic mass is 9.96. The first kappa shape index (κ1) is 49.3. The zero-order chi connectivity index (χ0) is 56.1. The molecule has 0 aliphatic heterocycles. The van der Waals surface area contributed by atoms with E-state index in [2.05, 4.69) is 209 Å². The molecule has 0 radical (unpaired) electrons. The number of hydrogen-bond acceptors (Lipinski definition) is 5. The Labute approximate surface area is 485 Å². The zero-order valence-electron chi connectivity index (χ0n) is 45.3. The van der Waals surface area contributed by atoms with Crippen LogP contribution >= 0.6 is 0 Å². The zero-order valence-corrected chi connectivity index (χ0v) is 45.3. The van der Waals surface area contributed by atoms with Gasteiger partial charge < -0.3 is 9.13 Å². The summed E-state index contributed by atoms with van der Waals surface area (Å²) >= 11 is 0. The van der Waals surface area contributed by atoms with Crippen molar-refractivity contribution in [1.82, 2.24) is 24.1 Å². The Morgan fingerprint density at radius 3 is 1.04 bits per heavy atom. The van der Waals surface area contributed by atoms with E-state index in [1.165, 1.54) is 0 Å². The van der Waals surface area contributed by atoms with Crippen molar-refractivity contribution in [2.45, 2.75) is 0 Å². The van der Waals surface area contributed by atoms with Gasteiger partial charge in [0.05, 0.1) is 45.3 Å². The van der Waals surface area contributed by atoms with E-state index in [0.29, 0.717) is 34.2 Å². The number of fused-ring (bicyclic) bond motifs is 6. The summed E-state index contributed by atoms with van der Waals surface area (Å²) in [4.78, 5) is 16.1. The first-order chi connectivity index (χ1) is 41.5. The van der Waals surface area contributed by atoms with E-state index in [1.807, 2.05) is 97.1 Å². The quantitative estimate of drug-likeness (QED) is 0.136. The van der Waals surface area contributed by atoms with Crippen LogP contribution in [0.15, 0.2) is 285 Å². The minimum atomic E-state index is 0.344. The van der Waals surface area contributed by atoms with Crippen molar-refractivity contribution in [1.29, 1.82) is 10.5 Å². The molecule has 0 N–H and O–H groups in total. The molecule has 0 saturated heterocycles. The van der Waals surface area contributed by atoms with Crippen molar-refractivity contribution in [3.63, 3.8) is 0 Å². The van der Waals surface area contributed by atoms with Gasteiger partial charge in [0.25, 0.3) is 0 Å². The van der Waals surface area contributed by atoms with Gasteiger partial charge in [-0.25, -0.2) is 15.0 Å². The van der Waals surface area contributed by atoms with Crippen LogP contribution in [0.1, 0.15) is 11.1 Å². The van der Waals surface area contributed by atoms with Crippen molar-refractivity contribution < 1.29 is 0 Å².